The number of benzene rings is 1. The highest BCUT2D eigenvalue weighted by Gasteiger charge is 2.27. The van der Waals surface area contributed by atoms with Crippen molar-refractivity contribution >= 4 is 38.5 Å². The fourth-order valence-corrected chi connectivity index (χ4v) is 5.21. The van der Waals surface area contributed by atoms with Crippen molar-refractivity contribution in [2.75, 3.05) is 57.8 Å². The Morgan fingerprint density at radius 1 is 1.07 bits per heavy atom. The summed E-state index contributed by atoms with van der Waals surface area (Å²) in [4.78, 5) is 38.1. The van der Waals surface area contributed by atoms with Crippen LogP contribution in [0.1, 0.15) is 26.2 Å². The Kier molecular flexibility index (Phi) is 6.65. The van der Waals surface area contributed by atoms with Gasteiger partial charge in [-0.25, -0.2) is 4.98 Å². The number of hydrogen-bond donors (Lipinski definition) is 0. The molecule has 2 amide bonds. The van der Waals surface area contributed by atoms with Gasteiger partial charge in [0.25, 0.3) is 0 Å². The normalized spacial score (nSPS) is 21.1. The Balaban J connectivity index is 1.25. The fourth-order valence-electron chi connectivity index (χ4n) is 4.26. The molecule has 1 aromatic carbocycles. The Labute approximate surface area is 182 Å². The van der Waals surface area contributed by atoms with Crippen molar-refractivity contribution in [3.05, 3.63) is 24.3 Å². The first-order chi connectivity index (χ1) is 14.5. The van der Waals surface area contributed by atoms with Crippen LogP contribution in [0.5, 0.6) is 0 Å². The third-order valence-electron chi connectivity index (χ3n) is 6.25. The number of hydrogen-bond acceptors (Lipinski definition) is 6. The molecule has 8 heteroatoms. The molecule has 2 fully saturated rings. The Bertz CT molecular complexity index is 860. The van der Waals surface area contributed by atoms with E-state index in [2.05, 4.69) is 21.7 Å². The molecule has 3 heterocycles. The van der Waals surface area contributed by atoms with Crippen LogP contribution < -0.4 is 4.90 Å². The van der Waals surface area contributed by atoms with Gasteiger partial charge in [-0.1, -0.05) is 23.5 Å². The van der Waals surface area contributed by atoms with Crippen molar-refractivity contribution in [2.45, 2.75) is 32.2 Å². The molecule has 2 aromatic rings. The predicted molar refractivity (Wildman–Crippen MR) is 121 cm³/mol. The summed E-state index contributed by atoms with van der Waals surface area (Å²) in [6, 6.07) is 8.31. The molecule has 2 saturated heterocycles. The summed E-state index contributed by atoms with van der Waals surface area (Å²) in [7, 11) is 1.80. The summed E-state index contributed by atoms with van der Waals surface area (Å²) < 4.78 is 1.09. The van der Waals surface area contributed by atoms with Crippen molar-refractivity contribution in [1.82, 2.24) is 19.7 Å². The van der Waals surface area contributed by atoms with Gasteiger partial charge in [-0.2, -0.15) is 0 Å². The number of thiazole rings is 1. The lowest BCUT2D eigenvalue weighted by Crippen LogP contribution is -2.53. The Hall–Kier alpha value is -2.03. The standard InChI is InChI=1S/C22H31N5O2S/c1-17-7-5-6-10-27(17)21(29)16-26-13-11-25(12-14-26)15-20(28)24(2)22-23-18-8-3-4-9-19(18)30-22/h3-4,8-9,17H,5-7,10-16H2,1-2H3. The molecule has 7 nitrogen and oxygen atoms in total. The molecule has 0 aliphatic carbocycles. The van der Waals surface area contributed by atoms with Gasteiger partial charge in [-0.05, 0) is 38.3 Å². The van der Waals surface area contributed by atoms with Gasteiger partial charge in [-0.3, -0.25) is 24.3 Å². The third-order valence-corrected chi connectivity index (χ3v) is 7.36. The summed E-state index contributed by atoms with van der Waals surface area (Å²) in [6.45, 7) is 7.20. The predicted octanol–water partition coefficient (Wildman–Crippen LogP) is 2.28. The van der Waals surface area contributed by atoms with Crippen LogP contribution in [0.25, 0.3) is 10.2 Å². The van der Waals surface area contributed by atoms with E-state index in [1.807, 2.05) is 29.2 Å². The lowest BCUT2D eigenvalue weighted by atomic mass is 10.0. The molecule has 2 aliphatic heterocycles. The summed E-state index contributed by atoms with van der Waals surface area (Å²) >= 11 is 1.54. The molecule has 1 atom stereocenters. The summed E-state index contributed by atoms with van der Waals surface area (Å²) in [5.41, 5.74) is 0.929. The van der Waals surface area contributed by atoms with Crippen LogP contribution >= 0.6 is 11.3 Å². The van der Waals surface area contributed by atoms with E-state index < -0.39 is 0 Å². The van der Waals surface area contributed by atoms with Gasteiger partial charge in [-0.15, -0.1) is 0 Å². The van der Waals surface area contributed by atoms with Gasteiger partial charge in [0, 0.05) is 45.8 Å². The number of likely N-dealkylation sites (tertiary alicyclic amines) is 1. The second-order valence-electron chi connectivity index (χ2n) is 8.40. The minimum absolute atomic E-state index is 0.0562. The van der Waals surface area contributed by atoms with E-state index in [9.17, 15) is 9.59 Å². The highest BCUT2D eigenvalue weighted by atomic mass is 32.1. The molecule has 2 aliphatic rings. The van der Waals surface area contributed by atoms with Crippen molar-refractivity contribution in [2.24, 2.45) is 0 Å². The number of likely N-dealkylation sites (N-methyl/N-ethyl adjacent to an activating group) is 1. The average molecular weight is 430 g/mol. The van der Waals surface area contributed by atoms with E-state index in [0.717, 1.165) is 60.9 Å². The van der Waals surface area contributed by atoms with Crippen LogP contribution in [-0.4, -0.2) is 90.4 Å². The van der Waals surface area contributed by atoms with Gasteiger partial charge < -0.3 is 4.90 Å². The second-order valence-corrected chi connectivity index (χ2v) is 9.41. The molecular formula is C22H31N5O2S. The highest BCUT2D eigenvalue weighted by molar-refractivity contribution is 7.22. The number of anilines is 1. The molecule has 0 spiro atoms. The summed E-state index contributed by atoms with van der Waals surface area (Å²) in [5, 5.41) is 0.737. The molecule has 0 saturated carbocycles. The molecule has 0 N–H and O–H groups in total. The molecule has 1 aromatic heterocycles. The number of piperidine rings is 1. The van der Waals surface area contributed by atoms with Gasteiger partial charge in [0.15, 0.2) is 5.13 Å². The lowest BCUT2D eigenvalue weighted by molar-refractivity contribution is -0.136. The smallest absolute Gasteiger partial charge is 0.242 e. The number of carbonyl (C=O) groups is 2. The van der Waals surface area contributed by atoms with Crippen LogP contribution in [0, 0.1) is 0 Å². The largest absolute Gasteiger partial charge is 0.339 e. The zero-order chi connectivity index (χ0) is 21.1. The lowest BCUT2D eigenvalue weighted by Gasteiger charge is -2.38. The fraction of sp³-hybridized carbons (Fsp3) is 0.591. The first-order valence-electron chi connectivity index (χ1n) is 10.9. The Morgan fingerprint density at radius 3 is 2.47 bits per heavy atom. The van der Waals surface area contributed by atoms with E-state index in [0.29, 0.717) is 19.1 Å². The van der Waals surface area contributed by atoms with Gasteiger partial charge >= 0.3 is 0 Å². The molecule has 4 rings (SSSR count). The zero-order valence-corrected chi connectivity index (χ0v) is 18.7. The first-order valence-corrected chi connectivity index (χ1v) is 11.7. The number of fused-ring (bicyclic) bond motifs is 1. The number of nitrogens with zero attached hydrogens (tertiary/aromatic N) is 5. The number of aromatic nitrogens is 1. The Morgan fingerprint density at radius 2 is 1.77 bits per heavy atom. The second kappa shape index (κ2) is 9.41. The molecule has 162 valence electrons. The van der Waals surface area contributed by atoms with Crippen molar-refractivity contribution in [1.29, 1.82) is 0 Å². The van der Waals surface area contributed by atoms with Crippen LogP contribution in [0.4, 0.5) is 5.13 Å². The maximum absolute atomic E-state index is 12.8. The first kappa shape index (κ1) is 21.2. The zero-order valence-electron chi connectivity index (χ0n) is 17.9. The number of carbonyl (C=O) groups excluding carboxylic acids is 2. The molecule has 0 bridgehead atoms. The third kappa shape index (κ3) is 4.82. The monoisotopic (exact) mass is 429 g/mol. The van der Waals surface area contributed by atoms with Gasteiger partial charge in [0.1, 0.15) is 0 Å². The van der Waals surface area contributed by atoms with E-state index in [1.54, 1.807) is 23.3 Å². The van der Waals surface area contributed by atoms with Gasteiger partial charge in [0.2, 0.25) is 11.8 Å². The minimum atomic E-state index is 0.0562. The van der Waals surface area contributed by atoms with Crippen molar-refractivity contribution in [3.8, 4) is 0 Å². The van der Waals surface area contributed by atoms with E-state index >= 15 is 0 Å². The molecular weight excluding hydrogens is 398 g/mol. The molecule has 0 radical (unpaired) electrons. The van der Waals surface area contributed by atoms with E-state index in [4.69, 9.17) is 0 Å². The maximum Gasteiger partial charge on any atom is 0.242 e. The van der Waals surface area contributed by atoms with Crippen LogP contribution in [0.3, 0.4) is 0 Å². The highest BCUT2D eigenvalue weighted by Crippen LogP contribution is 2.28. The SMILES string of the molecule is CC1CCCCN1C(=O)CN1CCN(CC(=O)N(C)c2nc3ccccc3s2)CC1. The van der Waals surface area contributed by atoms with Crippen molar-refractivity contribution in [3.63, 3.8) is 0 Å². The molecule has 30 heavy (non-hydrogen) atoms. The number of rotatable bonds is 5. The van der Waals surface area contributed by atoms with Crippen LogP contribution in [-0.2, 0) is 9.59 Å². The van der Waals surface area contributed by atoms with E-state index in [-0.39, 0.29) is 11.8 Å². The number of amides is 2. The van der Waals surface area contributed by atoms with Crippen molar-refractivity contribution < 1.29 is 9.59 Å². The summed E-state index contributed by atoms with van der Waals surface area (Å²) in [6.07, 6.45) is 3.46. The van der Waals surface area contributed by atoms with Crippen LogP contribution in [0.15, 0.2) is 24.3 Å². The maximum atomic E-state index is 12.8. The topological polar surface area (TPSA) is 60.0 Å². The quantitative estimate of drug-likeness (QED) is 0.730. The number of piperazine rings is 1. The number of para-hydroxylation sites is 1. The van der Waals surface area contributed by atoms with Crippen LogP contribution in [0.2, 0.25) is 0 Å². The average Bonchev–Trinajstić information content (AvgIpc) is 3.19. The van der Waals surface area contributed by atoms with E-state index in [1.165, 1.54) is 6.42 Å². The summed E-state index contributed by atoms with van der Waals surface area (Å²) in [5.74, 6) is 0.308. The van der Waals surface area contributed by atoms with Gasteiger partial charge in [0.05, 0.1) is 23.3 Å². The minimum Gasteiger partial charge on any atom is -0.339 e. The molecule has 1 unspecified atom stereocenters.